The molecule has 3 heterocycles. The number of Topliss-reactive ketones (excluding diaryl/α,β-unsaturated/α-hetero) is 1. The van der Waals surface area contributed by atoms with Gasteiger partial charge in [-0.1, -0.05) is 18.2 Å². The minimum Gasteiger partial charge on any atom is -0.439 e. The zero-order chi connectivity index (χ0) is 22.4. The number of fused-ring (bicyclic) bond motifs is 3. The molecule has 6 heteroatoms. The van der Waals surface area contributed by atoms with Crippen LogP contribution in [0.3, 0.4) is 0 Å². The van der Waals surface area contributed by atoms with Crippen LogP contribution in [0, 0.1) is 11.8 Å². The van der Waals surface area contributed by atoms with Crippen molar-refractivity contribution in [2.75, 3.05) is 6.54 Å². The number of likely N-dealkylation sites (tertiary alicyclic amines) is 1. The molecule has 1 aliphatic carbocycles. The minimum atomic E-state index is 0.289. The lowest BCUT2D eigenvalue weighted by Crippen LogP contribution is -2.36. The predicted octanol–water partition coefficient (Wildman–Crippen LogP) is 5.22. The van der Waals surface area contributed by atoms with Crippen molar-refractivity contribution >= 4 is 16.6 Å². The molecule has 166 valence electrons. The highest BCUT2D eigenvalue weighted by Crippen LogP contribution is 2.43. The first kappa shape index (κ1) is 20.1. The third-order valence-electron chi connectivity index (χ3n) is 7.21. The van der Waals surface area contributed by atoms with E-state index in [1.165, 1.54) is 17.4 Å². The molecule has 0 spiro atoms. The van der Waals surface area contributed by atoms with Gasteiger partial charge in [-0.05, 0) is 72.4 Å². The Morgan fingerprint density at radius 3 is 2.70 bits per heavy atom. The maximum Gasteiger partial charge on any atom is 0.219 e. The second kappa shape index (κ2) is 8.12. The number of H-pyrrole nitrogens is 1. The molecular formula is C27H26N4O2. The topological polar surface area (TPSA) is 71.1 Å². The van der Waals surface area contributed by atoms with Crippen molar-refractivity contribution in [1.29, 1.82) is 0 Å². The Labute approximate surface area is 192 Å². The third-order valence-corrected chi connectivity index (χ3v) is 7.21. The Kier molecular flexibility index (Phi) is 4.95. The molecule has 1 saturated heterocycles. The first-order valence-corrected chi connectivity index (χ1v) is 11.5. The zero-order valence-corrected chi connectivity index (χ0v) is 18.6. The summed E-state index contributed by atoms with van der Waals surface area (Å²) in [6, 6.07) is 19.1. The van der Waals surface area contributed by atoms with E-state index in [-0.39, 0.29) is 5.92 Å². The molecule has 0 radical (unpaired) electrons. The van der Waals surface area contributed by atoms with Crippen molar-refractivity contribution in [3.8, 4) is 22.9 Å². The molecule has 2 aromatic heterocycles. The minimum absolute atomic E-state index is 0.289. The lowest BCUT2D eigenvalue weighted by Gasteiger charge is -2.30. The Bertz CT molecular complexity index is 1300. The maximum absolute atomic E-state index is 11.8. The van der Waals surface area contributed by atoms with E-state index in [0.29, 0.717) is 23.6 Å². The molecule has 1 aliphatic heterocycles. The Balaban J connectivity index is 1.13. The number of ketones is 1. The van der Waals surface area contributed by atoms with Crippen LogP contribution in [0.2, 0.25) is 0 Å². The van der Waals surface area contributed by atoms with Gasteiger partial charge in [-0.3, -0.25) is 14.8 Å². The van der Waals surface area contributed by atoms with Gasteiger partial charge < -0.3 is 4.74 Å². The molecule has 0 amide bonds. The number of benzene rings is 2. The Hall–Kier alpha value is -3.51. The van der Waals surface area contributed by atoms with Crippen molar-refractivity contribution in [1.82, 2.24) is 20.1 Å². The zero-order valence-electron chi connectivity index (χ0n) is 18.6. The van der Waals surface area contributed by atoms with Crippen LogP contribution < -0.4 is 4.74 Å². The number of ether oxygens (including phenoxy) is 1. The molecule has 6 nitrogen and oxygen atoms in total. The molecule has 1 N–H and O–H groups in total. The van der Waals surface area contributed by atoms with Crippen LogP contribution in [0.4, 0.5) is 0 Å². The molecule has 2 fully saturated rings. The summed E-state index contributed by atoms with van der Waals surface area (Å²) in [5.41, 5.74) is 3.21. The first-order chi connectivity index (χ1) is 16.1. The molecule has 4 aromatic rings. The van der Waals surface area contributed by atoms with Crippen molar-refractivity contribution in [3.05, 3.63) is 72.6 Å². The number of carbonyl (C=O) groups excluding carboxylic acids is 1. The highest BCUT2D eigenvalue weighted by atomic mass is 16.5. The van der Waals surface area contributed by atoms with Crippen LogP contribution >= 0.6 is 0 Å². The van der Waals surface area contributed by atoms with Gasteiger partial charge in [0.2, 0.25) is 5.88 Å². The third kappa shape index (κ3) is 3.91. The first-order valence-electron chi connectivity index (χ1n) is 11.5. The number of hydrogen-bond donors (Lipinski definition) is 1. The van der Waals surface area contributed by atoms with Crippen LogP contribution in [0.25, 0.3) is 22.0 Å². The molecule has 1 unspecified atom stereocenters. The second-order valence-corrected chi connectivity index (χ2v) is 9.33. The number of pyridine rings is 1. The fraction of sp³-hybridized carbons (Fsp3) is 0.296. The van der Waals surface area contributed by atoms with E-state index in [0.717, 1.165) is 41.9 Å². The SMILES string of the molecule is CC(=O)C1C[C@@H]2C[C@H]1CN2Cc1ccc2cc(Oc3ccc(-c4ccn[nH]4)cn3)ccc2c1. The highest BCUT2D eigenvalue weighted by Gasteiger charge is 2.45. The lowest BCUT2D eigenvalue weighted by atomic mass is 9.91. The predicted molar refractivity (Wildman–Crippen MR) is 127 cm³/mol. The van der Waals surface area contributed by atoms with Gasteiger partial charge in [-0.15, -0.1) is 0 Å². The van der Waals surface area contributed by atoms with E-state index < -0.39 is 0 Å². The van der Waals surface area contributed by atoms with Crippen LogP contribution in [-0.2, 0) is 11.3 Å². The number of rotatable bonds is 6. The summed E-state index contributed by atoms with van der Waals surface area (Å²) < 4.78 is 5.99. The number of nitrogens with one attached hydrogen (secondary N) is 1. The van der Waals surface area contributed by atoms with Gasteiger partial charge in [0.15, 0.2) is 0 Å². The fourth-order valence-electron chi connectivity index (χ4n) is 5.54. The van der Waals surface area contributed by atoms with E-state index in [4.69, 9.17) is 4.74 Å². The molecule has 2 aromatic carbocycles. The molecule has 1 saturated carbocycles. The standard InChI is InChI=1S/C27H26N4O2/c1-17(32)25-13-23-11-22(25)16-31(23)15-18-2-3-20-12-24(6-4-19(20)10-18)33-27-7-5-21(14-28-27)26-8-9-29-30-26/h2-10,12,14,22-23,25H,11,13,15-16H2,1H3,(H,29,30)/t22-,23-,25?/m0/s1. The summed E-state index contributed by atoms with van der Waals surface area (Å²) >= 11 is 0. The van der Waals surface area contributed by atoms with E-state index >= 15 is 0 Å². The van der Waals surface area contributed by atoms with Crippen LogP contribution in [0.15, 0.2) is 67.0 Å². The van der Waals surface area contributed by atoms with Crippen molar-refractivity contribution < 1.29 is 9.53 Å². The molecule has 2 aliphatic rings. The maximum atomic E-state index is 11.8. The number of aromatic amines is 1. The number of aromatic nitrogens is 3. The van der Waals surface area contributed by atoms with Gasteiger partial charge in [0.1, 0.15) is 11.5 Å². The molecular weight excluding hydrogens is 412 g/mol. The number of piperidine rings is 1. The summed E-state index contributed by atoms with van der Waals surface area (Å²) in [5.74, 6) is 2.54. The fourth-order valence-corrected chi connectivity index (χ4v) is 5.54. The highest BCUT2D eigenvalue weighted by molar-refractivity contribution is 5.84. The average Bonchev–Trinajstić information content (AvgIpc) is 3.57. The van der Waals surface area contributed by atoms with Gasteiger partial charge in [-0.2, -0.15) is 5.10 Å². The molecule has 2 bridgehead atoms. The largest absolute Gasteiger partial charge is 0.439 e. The van der Waals surface area contributed by atoms with Crippen LogP contribution in [0.5, 0.6) is 11.6 Å². The second-order valence-electron chi connectivity index (χ2n) is 9.33. The van der Waals surface area contributed by atoms with Gasteiger partial charge in [0, 0.05) is 49.1 Å². The van der Waals surface area contributed by atoms with Gasteiger partial charge in [0.05, 0.1) is 5.69 Å². The van der Waals surface area contributed by atoms with E-state index in [1.54, 1.807) is 19.3 Å². The summed E-state index contributed by atoms with van der Waals surface area (Å²) in [7, 11) is 0. The quantitative estimate of drug-likeness (QED) is 0.447. The number of carbonyl (C=O) groups is 1. The lowest BCUT2D eigenvalue weighted by molar-refractivity contribution is -0.122. The van der Waals surface area contributed by atoms with Crippen molar-refractivity contribution in [2.24, 2.45) is 11.8 Å². The van der Waals surface area contributed by atoms with E-state index in [2.05, 4.69) is 50.4 Å². The van der Waals surface area contributed by atoms with Crippen molar-refractivity contribution in [3.63, 3.8) is 0 Å². The van der Waals surface area contributed by atoms with Crippen molar-refractivity contribution in [2.45, 2.75) is 32.4 Å². The summed E-state index contributed by atoms with van der Waals surface area (Å²) in [6.45, 7) is 3.75. The Morgan fingerprint density at radius 1 is 1.09 bits per heavy atom. The normalized spacial score (nSPS) is 22.2. The number of hydrogen-bond acceptors (Lipinski definition) is 5. The molecule has 33 heavy (non-hydrogen) atoms. The average molecular weight is 439 g/mol. The molecule has 3 atom stereocenters. The van der Waals surface area contributed by atoms with Gasteiger partial charge >= 0.3 is 0 Å². The number of nitrogens with zero attached hydrogens (tertiary/aromatic N) is 3. The van der Waals surface area contributed by atoms with Crippen LogP contribution in [0.1, 0.15) is 25.3 Å². The van der Waals surface area contributed by atoms with Crippen LogP contribution in [-0.4, -0.2) is 38.5 Å². The monoisotopic (exact) mass is 438 g/mol. The van der Waals surface area contributed by atoms with E-state index in [1.807, 2.05) is 24.3 Å². The van der Waals surface area contributed by atoms with Gasteiger partial charge in [0.25, 0.3) is 0 Å². The summed E-state index contributed by atoms with van der Waals surface area (Å²) in [4.78, 5) is 18.8. The van der Waals surface area contributed by atoms with Gasteiger partial charge in [-0.25, -0.2) is 4.98 Å². The Morgan fingerprint density at radius 2 is 1.97 bits per heavy atom. The summed E-state index contributed by atoms with van der Waals surface area (Å²) in [6.07, 6.45) is 5.71. The summed E-state index contributed by atoms with van der Waals surface area (Å²) in [5, 5.41) is 9.25. The van der Waals surface area contributed by atoms with E-state index in [9.17, 15) is 4.79 Å². The molecule has 6 rings (SSSR count). The smallest absolute Gasteiger partial charge is 0.219 e.